The first-order chi connectivity index (χ1) is 11.3. The van der Waals surface area contributed by atoms with E-state index in [-0.39, 0.29) is 5.91 Å². The molecule has 0 saturated heterocycles. The largest absolute Gasteiger partial charge is 0.352 e. The lowest BCUT2D eigenvalue weighted by Gasteiger charge is -2.05. The van der Waals surface area contributed by atoms with E-state index in [2.05, 4.69) is 22.4 Å². The predicted octanol–water partition coefficient (Wildman–Crippen LogP) is 2.65. The molecule has 3 rings (SSSR count). The van der Waals surface area contributed by atoms with Crippen molar-refractivity contribution in [3.05, 3.63) is 65.6 Å². The molecule has 0 radical (unpaired) electrons. The fourth-order valence-corrected chi connectivity index (χ4v) is 2.50. The van der Waals surface area contributed by atoms with Crippen molar-refractivity contribution < 1.29 is 4.79 Å². The summed E-state index contributed by atoms with van der Waals surface area (Å²) in [7, 11) is 0. The van der Waals surface area contributed by atoms with Gasteiger partial charge in [-0.15, -0.1) is 10.2 Å². The van der Waals surface area contributed by atoms with E-state index >= 15 is 0 Å². The first kappa shape index (κ1) is 15.2. The maximum absolute atomic E-state index is 12.1. The smallest absolute Gasteiger partial charge is 0.251 e. The van der Waals surface area contributed by atoms with Crippen LogP contribution in [-0.4, -0.2) is 27.0 Å². The van der Waals surface area contributed by atoms with Gasteiger partial charge in [-0.05, 0) is 42.7 Å². The Morgan fingerprint density at radius 3 is 2.74 bits per heavy atom. The molecule has 0 aliphatic heterocycles. The number of pyridine rings is 1. The quantitative estimate of drug-likeness (QED) is 0.712. The molecule has 1 amide bonds. The van der Waals surface area contributed by atoms with E-state index in [1.54, 1.807) is 0 Å². The third kappa shape index (κ3) is 3.56. The summed E-state index contributed by atoms with van der Waals surface area (Å²) in [6.07, 6.45) is 4.54. The van der Waals surface area contributed by atoms with Crippen LogP contribution < -0.4 is 5.32 Å². The lowest BCUT2D eigenvalue weighted by atomic mass is 10.1. The van der Waals surface area contributed by atoms with E-state index in [1.807, 2.05) is 53.1 Å². The third-order valence-corrected chi connectivity index (χ3v) is 3.87. The van der Waals surface area contributed by atoms with Gasteiger partial charge < -0.3 is 5.32 Å². The first-order valence-corrected chi connectivity index (χ1v) is 7.93. The van der Waals surface area contributed by atoms with E-state index in [4.69, 9.17) is 0 Å². The summed E-state index contributed by atoms with van der Waals surface area (Å²) < 4.78 is 1.98. The Bertz CT molecular complexity index is 792. The Morgan fingerprint density at radius 1 is 1.13 bits per heavy atom. The minimum absolute atomic E-state index is 0.0289. The van der Waals surface area contributed by atoms with E-state index in [1.165, 1.54) is 5.56 Å². The van der Waals surface area contributed by atoms with Crippen molar-refractivity contribution >= 4 is 11.6 Å². The van der Waals surface area contributed by atoms with Crippen LogP contribution >= 0.6 is 0 Å². The zero-order valence-corrected chi connectivity index (χ0v) is 13.2. The number of nitrogens with one attached hydrogen (secondary N) is 1. The standard InChI is InChI=1S/C18H20N4O/c1-2-14-8-10-15(11-9-14)18(23)19-12-5-7-17-21-20-16-6-3-4-13-22(16)17/h3-4,6,8-11,13H,2,5,7,12H2,1H3,(H,19,23). The fourth-order valence-electron chi connectivity index (χ4n) is 2.50. The Kier molecular flexibility index (Phi) is 4.66. The number of aromatic nitrogens is 3. The zero-order chi connectivity index (χ0) is 16.1. The number of benzene rings is 1. The minimum Gasteiger partial charge on any atom is -0.352 e. The lowest BCUT2D eigenvalue weighted by molar-refractivity contribution is 0.0953. The molecule has 5 heteroatoms. The highest BCUT2D eigenvalue weighted by Gasteiger charge is 2.06. The molecule has 5 nitrogen and oxygen atoms in total. The van der Waals surface area contributed by atoms with E-state index < -0.39 is 0 Å². The summed E-state index contributed by atoms with van der Waals surface area (Å²) >= 11 is 0. The van der Waals surface area contributed by atoms with Crippen molar-refractivity contribution in [1.29, 1.82) is 0 Å². The highest BCUT2D eigenvalue weighted by Crippen LogP contribution is 2.06. The monoisotopic (exact) mass is 308 g/mol. The van der Waals surface area contributed by atoms with E-state index in [9.17, 15) is 4.79 Å². The molecular weight excluding hydrogens is 288 g/mol. The van der Waals surface area contributed by atoms with Crippen LogP contribution in [0.1, 0.15) is 35.1 Å². The molecule has 0 saturated carbocycles. The summed E-state index contributed by atoms with van der Waals surface area (Å²) in [5, 5.41) is 11.3. The first-order valence-electron chi connectivity index (χ1n) is 7.93. The molecule has 1 aromatic carbocycles. The maximum Gasteiger partial charge on any atom is 0.251 e. The number of rotatable bonds is 6. The van der Waals surface area contributed by atoms with Crippen LogP contribution in [0.3, 0.4) is 0 Å². The van der Waals surface area contributed by atoms with Gasteiger partial charge in [-0.2, -0.15) is 0 Å². The van der Waals surface area contributed by atoms with Gasteiger partial charge in [0, 0.05) is 24.7 Å². The van der Waals surface area contributed by atoms with Crippen LogP contribution in [0.15, 0.2) is 48.7 Å². The molecule has 2 heterocycles. The van der Waals surface area contributed by atoms with Crippen LogP contribution in [-0.2, 0) is 12.8 Å². The number of carbonyl (C=O) groups excluding carboxylic acids is 1. The summed E-state index contributed by atoms with van der Waals surface area (Å²) in [5.41, 5.74) is 2.79. The second-order valence-electron chi connectivity index (χ2n) is 5.45. The zero-order valence-electron chi connectivity index (χ0n) is 13.2. The molecule has 2 aromatic heterocycles. The molecule has 0 unspecified atom stereocenters. The molecule has 1 N–H and O–H groups in total. The van der Waals surface area contributed by atoms with Crippen LogP contribution in [0.4, 0.5) is 0 Å². The topological polar surface area (TPSA) is 59.3 Å². The van der Waals surface area contributed by atoms with Gasteiger partial charge in [0.05, 0.1) is 0 Å². The second kappa shape index (κ2) is 7.05. The van der Waals surface area contributed by atoms with E-state index in [0.717, 1.165) is 30.7 Å². The number of nitrogens with zero attached hydrogens (tertiary/aromatic N) is 3. The Hall–Kier alpha value is -2.69. The van der Waals surface area contributed by atoms with Crippen molar-refractivity contribution in [2.45, 2.75) is 26.2 Å². The number of aryl methyl sites for hydroxylation is 2. The number of hydrogen-bond acceptors (Lipinski definition) is 3. The molecule has 0 spiro atoms. The van der Waals surface area contributed by atoms with Gasteiger partial charge in [0.1, 0.15) is 5.82 Å². The van der Waals surface area contributed by atoms with Gasteiger partial charge in [0.25, 0.3) is 5.91 Å². The number of fused-ring (bicyclic) bond motifs is 1. The van der Waals surface area contributed by atoms with Gasteiger partial charge in [0.15, 0.2) is 5.65 Å². The third-order valence-electron chi connectivity index (χ3n) is 3.87. The summed E-state index contributed by atoms with van der Waals surface area (Å²) in [4.78, 5) is 12.1. The highest BCUT2D eigenvalue weighted by molar-refractivity contribution is 5.94. The normalized spacial score (nSPS) is 10.8. The van der Waals surface area contributed by atoms with Crippen molar-refractivity contribution in [3.8, 4) is 0 Å². The molecule has 0 atom stereocenters. The number of carbonyl (C=O) groups is 1. The maximum atomic E-state index is 12.1. The predicted molar refractivity (Wildman–Crippen MR) is 89.5 cm³/mol. The average Bonchev–Trinajstić information content (AvgIpc) is 3.02. The van der Waals surface area contributed by atoms with E-state index in [0.29, 0.717) is 12.1 Å². The fraction of sp³-hybridized carbons (Fsp3) is 0.278. The Balaban J connectivity index is 1.50. The molecule has 0 fully saturated rings. The molecular formula is C18H20N4O. The Morgan fingerprint density at radius 2 is 1.96 bits per heavy atom. The van der Waals surface area contributed by atoms with Gasteiger partial charge in [-0.25, -0.2) is 0 Å². The van der Waals surface area contributed by atoms with Crippen LogP contribution in [0.25, 0.3) is 5.65 Å². The molecule has 23 heavy (non-hydrogen) atoms. The van der Waals surface area contributed by atoms with Crippen molar-refractivity contribution in [1.82, 2.24) is 19.9 Å². The SMILES string of the molecule is CCc1ccc(C(=O)NCCCc2nnc3ccccn23)cc1. The van der Waals surface area contributed by atoms with Crippen LogP contribution in [0.2, 0.25) is 0 Å². The number of hydrogen-bond donors (Lipinski definition) is 1. The summed E-state index contributed by atoms with van der Waals surface area (Å²) in [6.45, 7) is 2.72. The molecule has 0 aliphatic carbocycles. The van der Waals surface area contributed by atoms with Gasteiger partial charge in [-0.1, -0.05) is 25.1 Å². The van der Waals surface area contributed by atoms with Gasteiger partial charge in [0.2, 0.25) is 0 Å². The van der Waals surface area contributed by atoms with Crippen molar-refractivity contribution in [3.63, 3.8) is 0 Å². The van der Waals surface area contributed by atoms with Gasteiger partial charge in [-0.3, -0.25) is 9.20 Å². The summed E-state index contributed by atoms with van der Waals surface area (Å²) in [6, 6.07) is 13.6. The minimum atomic E-state index is -0.0289. The molecule has 0 aliphatic rings. The van der Waals surface area contributed by atoms with Crippen molar-refractivity contribution in [2.24, 2.45) is 0 Å². The lowest BCUT2D eigenvalue weighted by Crippen LogP contribution is -2.24. The van der Waals surface area contributed by atoms with Gasteiger partial charge >= 0.3 is 0 Å². The average molecular weight is 308 g/mol. The van der Waals surface area contributed by atoms with Crippen LogP contribution in [0, 0.1) is 0 Å². The molecule has 3 aromatic rings. The second-order valence-corrected chi connectivity index (χ2v) is 5.45. The summed E-state index contributed by atoms with van der Waals surface area (Å²) in [5.74, 6) is 0.890. The number of amides is 1. The Labute approximate surface area is 135 Å². The van der Waals surface area contributed by atoms with Crippen molar-refractivity contribution in [2.75, 3.05) is 6.54 Å². The highest BCUT2D eigenvalue weighted by atomic mass is 16.1. The van der Waals surface area contributed by atoms with Crippen LogP contribution in [0.5, 0.6) is 0 Å². The molecule has 0 bridgehead atoms. The molecule has 118 valence electrons.